The van der Waals surface area contributed by atoms with Gasteiger partial charge in [-0.15, -0.1) is 11.8 Å². The van der Waals surface area contributed by atoms with Crippen LogP contribution in [0.15, 0.2) is 23.1 Å². The third-order valence-electron chi connectivity index (χ3n) is 3.41. The highest BCUT2D eigenvalue weighted by atomic mass is 32.2. The molecule has 0 saturated carbocycles. The van der Waals surface area contributed by atoms with Crippen molar-refractivity contribution in [3.63, 3.8) is 0 Å². The maximum atomic E-state index is 5.76. The molecule has 0 radical (unpaired) electrons. The zero-order valence-electron chi connectivity index (χ0n) is 10.0. The first-order valence-corrected chi connectivity index (χ1v) is 7.26. The molecule has 0 aromatic heterocycles. The largest absolute Gasteiger partial charge is 0.330 e. The summed E-state index contributed by atoms with van der Waals surface area (Å²) in [5.41, 5.74) is 8.79. The number of aryl methyl sites for hydroxylation is 1. The first-order valence-electron chi connectivity index (χ1n) is 6.28. The van der Waals surface area contributed by atoms with Gasteiger partial charge in [0.1, 0.15) is 0 Å². The van der Waals surface area contributed by atoms with E-state index < -0.39 is 0 Å². The van der Waals surface area contributed by atoms with Crippen LogP contribution < -0.4 is 5.73 Å². The number of hydrogen-bond donors (Lipinski definition) is 1. The molecule has 1 atom stereocenters. The summed E-state index contributed by atoms with van der Waals surface area (Å²) in [6, 6.07) is 6.99. The first kappa shape index (κ1) is 12.0. The number of fused-ring (bicyclic) bond motifs is 1. The normalized spacial score (nSPS) is 16.9. The Balaban J connectivity index is 2.10. The van der Waals surface area contributed by atoms with Gasteiger partial charge in [-0.05, 0) is 54.7 Å². The molecule has 0 amide bonds. The fourth-order valence-electron chi connectivity index (χ4n) is 2.27. The topological polar surface area (TPSA) is 26.0 Å². The summed E-state index contributed by atoms with van der Waals surface area (Å²) in [5.74, 6) is 1.93. The molecule has 1 heterocycles. The van der Waals surface area contributed by atoms with Crippen LogP contribution in [-0.2, 0) is 12.8 Å². The lowest BCUT2D eigenvalue weighted by molar-refractivity contribution is 0.518. The molecule has 0 aliphatic carbocycles. The highest BCUT2D eigenvalue weighted by Gasteiger charge is 2.11. The van der Waals surface area contributed by atoms with Crippen molar-refractivity contribution in [1.29, 1.82) is 0 Å². The SMILES string of the molecule is CCC(CN)Cc1ccc2c(c1)CCCS2. The summed E-state index contributed by atoms with van der Waals surface area (Å²) < 4.78 is 0. The van der Waals surface area contributed by atoms with E-state index in [2.05, 4.69) is 25.1 Å². The van der Waals surface area contributed by atoms with Gasteiger partial charge in [-0.2, -0.15) is 0 Å². The molecule has 2 rings (SSSR count). The fourth-order valence-corrected chi connectivity index (χ4v) is 3.29. The van der Waals surface area contributed by atoms with E-state index in [0.29, 0.717) is 5.92 Å². The van der Waals surface area contributed by atoms with E-state index in [1.54, 1.807) is 5.56 Å². The molecule has 0 spiro atoms. The van der Waals surface area contributed by atoms with Crippen molar-refractivity contribution in [3.05, 3.63) is 29.3 Å². The van der Waals surface area contributed by atoms with Crippen LogP contribution >= 0.6 is 11.8 Å². The van der Waals surface area contributed by atoms with E-state index in [1.807, 2.05) is 11.8 Å². The van der Waals surface area contributed by atoms with Crippen molar-refractivity contribution in [1.82, 2.24) is 0 Å². The van der Waals surface area contributed by atoms with Crippen LogP contribution in [0.2, 0.25) is 0 Å². The minimum Gasteiger partial charge on any atom is -0.330 e. The summed E-state index contributed by atoms with van der Waals surface area (Å²) in [6.07, 6.45) is 4.91. The molecule has 0 bridgehead atoms. The van der Waals surface area contributed by atoms with Crippen LogP contribution in [0.4, 0.5) is 0 Å². The maximum Gasteiger partial charge on any atom is 0.0104 e. The molecule has 1 aromatic rings. The molecule has 0 saturated heterocycles. The minimum absolute atomic E-state index is 0.647. The second-order valence-electron chi connectivity index (χ2n) is 4.61. The molecule has 1 aromatic carbocycles. The lowest BCUT2D eigenvalue weighted by Crippen LogP contribution is -2.16. The molecule has 1 unspecified atom stereocenters. The van der Waals surface area contributed by atoms with Gasteiger partial charge in [0, 0.05) is 4.90 Å². The van der Waals surface area contributed by atoms with E-state index in [1.165, 1.54) is 35.5 Å². The van der Waals surface area contributed by atoms with E-state index in [4.69, 9.17) is 5.73 Å². The Morgan fingerprint density at radius 3 is 3.06 bits per heavy atom. The molecule has 2 N–H and O–H groups in total. The van der Waals surface area contributed by atoms with Crippen molar-refractivity contribution in [2.24, 2.45) is 11.7 Å². The molecule has 16 heavy (non-hydrogen) atoms. The van der Waals surface area contributed by atoms with Crippen molar-refractivity contribution in [2.75, 3.05) is 12.3 Å². The van der Waals surface area contributed by atoms with E-state index in [9.17, 15) is 0 Å². The summed E-state index contributed by atoms with van der Waals surface area (Å²) >= 11 is 2.00. The number of rotatable bonds is 4. The number of hydrogen-bond acceptors (Lipinski definition) is 2. The quantitative estimate of drug-likeness (QED) is 0.867. The first-order chi connectivity index (χ1) is 7.83. The fraction of sp³-hybridized carbons (Fsp3) is 0.571. The Morgan fingerprint density at radius 1 is 1.44 bits per heavy atom. The third-order valence-corrected chi connectivity index (χ3v) is 4.61. The van der Waals surface area contributed by atoms with Gasteiger partial charge in [-0.1, -0.05) is 25.5 Å². The van der Waals surface area contributed by atoms with Crippen LogP contribution in [0, 0.1) is 5.92 Å². The standard InChI is InChI=1S/C14H21NS/c1-2-11(10-15)8-12-5-6-14-13(9-12)4-3-7-16-14/h5-6,9,11H,2-4,7-8,10,15H2,1H3. The molecular weight excluding hydrogens is 214 g/mol. The Kier molecular flexibility index (Phi) is 4.30. The summed E-state index contributed by atoms with van der Waals surface area (Å²) in [6.45, 7) is 3.04. The van der Waals surface area contributed by atoms with E-state index in [-0.39, 0.29) is 0 Å². The van der Waals surface area contributed by atoms with Gasteiger partial charge < -0.3 is 5.73 Å². The van der Waals surface area contributed by atoms with Gasteiger partial charge in [0.05, 0.1) is 0 Å². The molecule has 1 aliphatic heterocycles. The lowest BCUT2D eigenvalue weighted by Gasteiger charge is -2.18. The van der Waals surface area contributed by atoms with Crippen molar-refractivity contribution >= 4 is 11.8 Å². The monoisotopic (exact) mass is 235 g/mol. The molecule has 0 fully saturated rings. The summed E-state index contributed by atoms with van der Waals surface area (Å²) in [4.78, 5) is 1.50. The van der Waals surface area contributed by atoms with Gasteiger partial charge in [0.15, 0.2) is 0 Å². The highest BCUT2D eigenvalue weighted by Crippen LogP contribution is 2.31. The predicted octanol–water partition coefficient (Wildman–Crippen LogP) is 3.25. The highest BCUT2D eigenvalue weighted by molar-refractivity contribution is 7.99. The third kappa shape index (κ3) is 2.80. The van der Waals surface area contributed by atoms with Crippen LogP contribution in [-0.4, -0.2) is 12.3 Å². The van der Waals surface area contributed by atoms with Gasteiger partial charge in [-0.3, -0.25) is 0 Å². The van der Waals surface area contributed by atoms with Crippen LogP contribution in [0.5, 0.6) is 0 Å². The minimum atomic E-state index is 0.647. The number of nitrogens with two attached hydrogens (primary N) is 1. The van der Waals surface area contributed by atoms with Crippen molar-refractivity contribution in [2.45, 2.75) is 37.5 Å². The Bertz CT molecular complexity index is 345. The maximum absolute atomic E-state index is 5.76. The average Bonchev–Trinajstić information content (AvgIpc) is 2.35. The lowest BCUT2D eigenvalue weighted by atomic mass is 9.95. The van der Waals surface area contributed by atoms with Crippen molar-refractivity contribution in [3.8, 4) is 0 Å². The number of benzene rings is 1. The smallest absolute Gasteiger partial charge is 0.0104 e. The second-order valence-corrected chi connectivity index (χ2v) is 5.74. The molecule has 88 valence electrons. The van der Waals surface area contributed by atoms with Gasteiger partial charge >= 0.3 is 0 Å². The Morgan fingerprint density at radius 2 is 2.31 bits per heavy atom. The second kappa shape index (κ2) is 5.74. The van der Waals surface area contributed by atoms with Gasteiger partial charge in [0.2, 0.25) is 0 Å². The predicted molar refractivity (Wildman–Crippen MR) is 72.0 cm³/mol. The molecule has 1 aliphatic rings. The number of thioether (sulfide) groups is 1. The average molecular weight is 235 g/mol. The van der Waals surface area contributed by atoms with Crippen LogP contribution in [0.25, 0.3) is 0 Å². The van der Waals surface area contributed by atoms with Crippen LogP contribution in [0.1, 0.15) is 30.9 Å². The van der Waals surface area contributed by atoms with E-state index >= 15 is 0 Å². The molecule has 2 heteroatoms. The van der Waals surface area contributed by atoms with Gasteiger partial charge in [-0.25, -0.2) is 0 Å². The zero-order chi connectivity index (χ0) is 11.4. The summed E-state index contributed by atoms with van der Waals surface area (Å²) in [7, 11) is 0. The van der Waals surface area contributed by atoms with Crippen molar-refractivity contribution < 1.29 is 0 Å². The Hall–Kier alpha value is -0.470. The zero-order valence-corrected chi connectivity index (χ0v) is 10.9. The molecule has 1 nitrogen and oxygen atoms in total. The van der Waals surface area contributed by atoms with E-state index in [0.717, 1.165) is 13.0 Å². The Labute approximate surface area is 103 Å². The summed E-state index contributed by atoms with van der Waals surface area (Å²) in [5, 5.41) is 0. The van der Waals surface area contributed by atoms with Gasteiger partial charge in [0.25, 0.3) is 0 Å². The van der Waals surface area contributed by atoms with Crippen LogP contribution in [0.3, 0.4) is 0 Å². The molecular formula is C14H21NS.